The first-order valence-corrected chi connectivity index (χ1v) is 6.52. The quantitative estimate of drug-likeness (QED) is 0.525. The van der Waals surface area contributed by atoms with Crippen LogP contribution in [0, 0.1) is 15.9 Å². The third-order valence-electron chi connectivity index (χ3n) is 2.70. The van der Waals surface area contributed by atoms with Crippen LogP contribution in [0.3, 0.4) is 0 Å². The third-order valence-corrected chi connectivity index (χ3v) is 2.93. The average molecular weight is 321 g/mol. The van der Waals surface area contributed by atoms with Crippen molar-refractivity contribution in [1.29, 1.82) is 0 Å². The first kappa shape index (κ1) is 15.7. The number of hydrogen-bond donors (Lipinski definition) is 1. The Bertz CT molecular complexity index is 762. The van der Waals surface area contributed by atoms with Crippen molar-refractivity contribution < 1.29 is 14.1 Å². The van der Waals surface area contributed by atoms with E-state index in [2.05, 4.69) is 5.32 Å². The molecule has 0 heterocycles. The molecule has 2 aromatic carbocycles. The molecule has 1 N–H and O–H groups in total. The van der Waals surface area contributed by atoms with E-state index in [0.29, 0.717) is 5.56 Å². The predicted molar refractivity (Wildman–Crippen MR) is 82.2 cm³/mol. The fraction of sp³-hybridized carbons (Fsp3) is 0. The Morgan fingerprint density at radius 1 is 1.27 bits per heavy atom. The van der Waals surface area contributed by atoms with Crippen LogP contribution in [0.25, 0.3) is 6.08 Å². The number of amides is 1. The van der Waals surface area contributed by atoms with E-state index in [1.54, 1.807) is 6.07 Å². The molecule has 0 atom stereocenters. The molecule has 0 bridgehead atoms. The summed E-state index contributed by atoms with van der Waals surface area (Å²) in [7, 11) is 0. The maximum absolute atomic E-state index is 13.5. The van der Waals surface area contributed by atoms with Gasteiger partial charge in [0.25, 0.3) is 5.69 Å². The standard InChI is InChI=1S/C15H10ClFN2O3/c16-11-5-6-14(13(17)9-11)18-15(20)7-4-10-2-1-3-12(8-10)19(21)22/h1-9H,(H,18,20). The lowest BCUT2D eigenvalue weighted by Gasteiger charge is -2.03. The van der Waals surface area contributed by atoms with Crippen LogP contribution in [0.1, 0.15) is 5.56 Å². The van der Waals surface area contributed by atoms with E-state index < -0.39 is 16.6 Å². The zero-order valence-electron chi connectivity index (χ0n) is 11.1. The number of halogens is 2. The van der Waals surface area contributed by atoms with Gasteiger partial charge in [-0.05, 0) is 29.8 Å². The summed E-state index contributed by atoms with van der Waals surface area (Å²) < 4.78 is 13.5. The Hall–Kier alpha value is -2.73. The Kier molecular flexibility index (Phi) is 4.85. The van der Waals surface area contributed by atoms with E-state index in [1.807, 2.05) is 0 Å². The number of nitro benzene ring substituents is 1. The van der Waals surface area contributed by atoms with E-state index >= 15 is 0 Å². The third kappa shape index (κ3) is 4.13. The van der Waals surface area contributed by atoms with Crippen LogP contribution >= 0.6 is 11.6 Å². The molecule has 2 rings (SSSR count). The van der Waals surface area contributed by atoms with Gasteiger partial charge in [-0.3, -0.25) is 14.9 Å². The number of anilines is 1. The van der Waals surface area contributed by atoms with Crippen LogP contribution in [0.2, 0.25) is 5.02 Å². The molecule has 0 aliphatic heterocycles. The second kappa shape index (κ2) is 6.82. The molecule has 5 nitrogen and oxygen atoms in total. The smallest absolute Gasteiger partial charge is 0.270 e. The Labute approximate surface area is 130 Å². The topological polar surface area (TPSA) is 72.2 Å². The monoisotopic (exact) mass is 320 g/mol. The molecule has 0 unspecified atom stereocenters. The van der Waals surface area contributed by atoms with Crippen molar-refractivity contribution in [3.63, 3.8) is 0 Å². The summed E-state index contributed by atoms with van der Waals surface area (Å²) in [5.74, 6) is -1.21. The van der Waals surface area contributed by atoms with Crippen LogP contribution in [0.15, 0.2) is 48.5 Å². The number of carbonyl (C=O) groups excluding carboxylic acids is 1. The number of carbonyl (C=O) groups is 1. The number of non-ortho nitro benzene ring substituents is 1. The van der Waals surface area contributed by atoms with Gasteiger partial charge in [0, 0.05) is 23.2 Å². The van der Waals surface area contributed by atoms with E-state index in [-0.39, 0.29) is 16.4 Å². The maximum Gasteiger partial charge on any atom is 0.270 e. The van der Waals surface area contributed by atoms with Gasteiger partial charge in [-0.2, -0.15) is 0 Å². The predicted octanol–water partition coefficient (Wildman–Crippen LogP) is 4.04. The normalized spacial score (nSPS) is 10.6. The lowest BCUT2D eigenvalue weighted by atomic mass is 10.2. The van der Waals surface area contributed by atoms with Crippen LogP contribution in [0.5, 0.6) is 0 Å². The zero-order valence-corrected chi connectivity index (χ0v) is 11.9. The van der Waals surface area contributed by atoms with E-state index in [1.165, 1.54) is 36.4 Å². The van der Waals surface area contributed by atoms with Crippen LogP contribution in [-0.2, 0) is 4.79 Å². The molecule has 7 heteroatoms. The number of benzene rings is 2. The fourth-order valence-electron chi connectivity index (χ4n) is 1.68. The van der Waals surface area contributed by atoms with Crippen LogP contribution in [0.4, 0.5) is 15.8 Å². The van der Waals surface area contributed by atoms with Crippen molar-refractivity contribution >= 4 is 35.0 Å². The Morgan fingerprint density at radius 3 is 2.73 bits per heavy atom. The highest BCUT2D eigenvalue weighted by Gasteiger charge is 2.06. The van der Waals surface area contributed by atoms with Crippen LogP contribution < -0.4 is 5.32 Å². The molecule has 0 fully saturated rings. The number of nitrogens with zero attached hydrogens (tertiary/aromatic N) is 1. The number of rotatable bonds is 4. The summed E-state index contributed by atoms with van der Waals surface area (Å²) in [5, 5.41) is 13.2. The van der Waals surface area contributed by atoms with Gasteiger partial charge >= 0.3 is 0 Å². The molecule has 0 aromatic heterocycles. The van der Waals surface area contributed by atoms with Gasteiger partial charge in [0.05, 0.1) is 10.6 Å². The molecule has 112 valence electrons. The van der Waals surface area contributed by atoms with Gasteiger partial charge in [0.1, 0.15) is 5.82 Å². The molecule has 0 saturated carbocycles. The molecule has 0 radical (unpaired) electrons. The van der Waals surface area contributed by atoms with Gasteiger partial charge in [0.15, 0.2) is 0 Å². The summed E-state index contributed by atoms with van der Waals surface area (Å²) in [6, 6.07) is 9.67. The summed E-state index contributed by atoms with van der Waals surface area (Å²) >= 11 is 5.61. The summed E-state index contributed by atoms with van der Waals surface area (Å²) in [4.78, 5) is 21.8. The zero-order chi connectivity index (χ0) is 16.1. The minimum absolute atomic E-state index is 0.00177. The van der Waals surface area contributed by atoms with Crippen molar-refractivity contribution in [2.24, 2.45) is 0 Å². The lowest BCUT2D eigenvalue weighted by molar-refractivity contribution is -0.384. The number of nitrogens with one attached hydrogen (secondary N) is 1. The fourth-order valence-corrected chi connectivity index (χ4v) is 1.84. The highest BCUT2D eigenvalue weighted by atomic mass is 35.5. The first-order valence-electron chi connectivity index (χ1n) is 6.14. The minimum atomic E-state index is -0.649. The highest BCUT2D eigenvalue weighted by Crippen LogP contribution is 2.19. The van der Waals surface area contributed by atoms with Crippen molar-refractivity contribution in [3.05, 3.63) is 75.1 Å². The van der Waals surface area contributed by atoms with E-state index in [0.717, 1.165) is 12.1 Å². The van der Waals surface area contributed by atoms with Crippen molar-refractivity contribution in [2.45, 2.75) is 0 Å². The van der Waals surface area contributed by atoms with E-state index in [4.69, 9.17) is 11.6 Å². The van der Waals surface area contributed by atoms with E-state index in [9.17, 15) is 19.3 Å². The Morgan fingerprint density at radius 2 is 2.05 bits per heavy atom. The molecular formula is C15H10ClFN2O3. The molecule has 22 heavy (non-hydrogen) atoms. The molecule has 1 amide bonds. The minimum Gasteiger partial charge on any atom is -0.320 e. The van der Waals surface area contributed by atoms with Crippen molar-refractivity contribution in [2.75, 3.05) is 5.32 Å². The maximum atomic E-state index is 13.5. The summed E-state index contributed by atoms with van der Waals surface area (Å²) in [6.45, 7) is 0. The van der Waals surface area contributed by atoms with Gasteiger partial charge in [-0.15, -0.1) is 0 Å². The van der Waals surface area contributed by atoms with Gasteiger partial charge in [-0.25, -0.2) is 4.39 Å². The molecule has 0 spiro atoms. The van der Waals surface area contributed by atoms with Crippen molar-refractivity contribution in [1.82, 2.24) is 0 Å². The van der Waals surface area contributed by atoms with Gasteiger partial charge in [-0.1, -0.05) is 23.7 Å². The number of nitro groups is 1. The molecule has 2 aromatic rings. The van der Waals surface area contributed by atoms with Gasteiger partial charge < -0.3 is 5.32 Å². The molecule has 0 saturated heterocycles. The summed E-state index contributed by atoms with van der Waals surface area (Å²) in [5.41, 5.74) is 0.408. The average Bonchev–Trinajstić information content (AvgIpc) is 2.48. The van der Waals surface area contributed by atoms with Gasteiger partial charge in [0.2, 0.25) is 5.91 Å². The largest absolute Gasteiger partial charge is 0.320 e. The highest BCUT2D eigenvalue weighted by molar-refractivity contribution is 6.30. The first-order chi connectivity index (χ1) is 10.5. The van der Waals surface area contributed by atoms with Crippen LogP contribution in [-0.4, -0.2) is 10.8 Å². The molecule has 0 aliphatic carbocycles. The van der Waals surface area contributed by atoms with Crippen molar-refractivity contribution in [3.8, 4) is 0 Å². The molecular weight excluding hydrogens is 311 g/mol. The lowest BCUT2D eigenvalue weighted by Crippen LogP contribution is -2.09. The number of hydrogen-bond acceptors (Lipinski definition) is 3. The summed E-state index contributed by atoms with van der Waals surface area (Å²) in [6.07, 6.45) is 2.56. The Balaban J connectivity index is 2.08. The second-order valence-electron chi connectivity index (χ2n) is 4.30. The SMILES string of the molecule is O=C(C=Cc1cccc([N+](=O)[O-])c1)Nc1ccc(Cl)cc1F. The molecule has 0 aliphatic rings. The second-order valence-corrected chi connectivity index (χ2v) is 4.74.